The Labute approximate surface area is 86.3 Å². The first kappa shape index (κ1) is 13.8. The lowest BCUT2D eigenvalue weighted by molar-refractivity contribution is -0.147. The van der Waals surface area contributed by atoms with E-state index in [-0.39, 0.29) is 0 Å². The van der Waals surface area contributed by atoms with Crippen LogP contribution in [-0.4, -0.2) is 57.7 Å². The lowest BCUT2D eigenvalue weighted by Gasteiger charge is -2.29. The van der Waals surface area contributed by atoms with E-state index in [0.29, 0.717) is 0 Å². The molecule has 1 atom stereocenters. The third-order valence-corrected chi connectivity index (χ3v) is 2.06. The third-order valence-electron chi connectivity index (χ3n) is 2.06. The second-order valence-corrected chi connectivity index (χ2v) is 3.30. The average Bonchev–Trinajstić information content (AvgIpc) is 2.24. The number of carboxylic acid groups (broad SMARTS) is 1. The van der Waals surface area contributed by atoms with E-state index in [2.05, 4.69) is 5.32 Å². The second kappa shape index (κ2) is 5.64. The summed E-state index contributed by atoms with van der Waals surface area (Å²) in [4.78, 5) is 21.7. The minimum Gasteiger partial charge on any atom is -0.481 e. The van der Waals surface area contributed by atoms with E-state index >= 15 is 0 Å². The van der Waals surface area contributed by atoms with Gasteiger partial charge in [-0.25, -0.2) is 0 Å². The number of aliphatic hydroxyl groups is 3. The molecule has 5 N–H and O–H groups in total. The van der Waals surface area contributed by atoms with E-state index in [1.54, 1.807) is 0 Å². The summed E-state index contributed by atoms with van der Waals surface area (Å²) in [5.74, 6) is -3.51. The van der Waals surface area contributed by atoms with E-state index in [0.717, 1.165) is 6.92 Å². The molecule has 0 saturated heterocycles. The molecule has 0 heterocycles. The Kier molecular flexibility index (Phi) is 5.20. The molecule has 0 aliphatic heterocycles. The van der Waals surface area contributed by atoms with Crippen LogP contribution in [0.15, 0.2) is 0 Å². The van der Waals surface area contributed by atoms with Crippen LogP contribution in [0, 0.1) is 5.92 Å². The molecule has 15 heavy (non-hydrogen) atoms. The number of hydrogen-bond donors (Lipinski definition) is 5. The lowest BCUT2D eigenvalue weighted by atomic mass is 10.0. The maximum atomic E-state index is 11.3. The number of carbonyl (C=O) groups is 2. The van der Waals surface area contributed by atoms with E-state index in [4.69, 9.17) is 20.4 Å². The summed E-state index contributed by atoms with van der Waals surface area (Å²) in [6.45, 7) is -0.886. The third kappa shape index (κ3) is 3.46. The number of aliphatic carboxylic acids is 1. The van der Waals surface area contributed by atoms with Crippen LogP contribution < -0.4 is 5.32 Å². The number of carbonyl (C=O) groups excluding carboxylic acids is 1. The first-order valence-electron chi connectivity index (χ1n) is 4.30. The van der Waals surface area contributed by atoms with Crippen LogP contribution in [0.2, 0.25) is 0 Å². The molecule has 0 radical (unpaired) electrons. The number of rotatable bonds is 6. The van der Waals surface area contributed by atoms with Gasteiger partial charge in [-0.2, -0.15) is 0 Å². The van der Waals surface area contributed by atoms with Gasteiger partial charge in [0.05, 0.1) is 19.8 Å². The summed E-state index contributed by atoms with van der Waals surface area (Å²) in [7, 11) is 0. The van der Waals surface area contributed by atoms with E-state index < -0.39 is 43.2 Å². The van der Waals surface area contributed by atoms with Crippen LogP contribution in [0.3, 0.4) is 0 Å². The second-order valence-electron chi connectivity index (χ2n) is 3.30. The van der Waals surface area contributed by atoms with Crippen molar-refractivity contribution < 1.29 is 30.0 Å². The molecule has 0 aliphatic carbocycles. The fraction of sp³-hybridized carbons (Fsp3) is 0.750. The topological polar surface area (TPSA) is 127 Å². The van der Waals surface area contributed by atoms with Crippen LogP contribution >= 0.6 is 0 Å². The number of nitrogens with one attached hydrogen (secondary N) is 1. The van der Waals surface area contributed by atoms with Crippen LogP contribution in [-0.2, 0) is 9.59 Å². The van der Waals surface area contributed by atoms with E-state index in [1.165, 1.54) is 0 Å². The maximum Gasteiger partial charge on any atom is 0.315 e. The van der Waals surface area contributed by atoms with Crippen molar-refractivity contribution in [3.05, 3.63) is 0 Å². The highest BCUT2D eigenvalue weighted by Crippen LogP contribution is 2.04. The van der Waals surface area contributed by atoms with Crippen molar-refractivity contribution in [3.8, 4) is 0 Å². The normalized spacial score (nSPS) is 13.3. The molecule has 1 amide bonds. The average molecular weight is 221 g/mol. The van der Waals surface area contributed by atoms with Gasteiger partial charge in [-0.3, -0.25) is 9.59 Å². The minimum atomic E-state index is -1.58. The molecule has 0 aromatic carbocycles. The molecule has 0 aromatic rings. The number of aliphatic hydroxyl groups excluding tert-OH is 3. The van der Waals surface area contributed by atoms with Gasteiger partial charge in [0.15, 0.2) is 0 Å². The molecule has 88 valence electrons. The number of carboxylic acids is 1. The van der Waals surface area contributed by atoms with Crippen molar-refractivity contribution in [1.82, 2.24) is 5.32 Å². The monoisotopic (exact) mass is 221 g/mol. The van der Waals surface area contributed by atoms with Crippen molar-refractivity contribution >= 4 is 11.9 Å². The van der Waals surface area contributed by atoms with Crippen molar-refractivity contribution in [2.24, 2.45) is 5.92 Å². The molecule has 0 saturated carbocycles. The Hall–Kier alpha value is -1.18. The fourth-order valence-electron chi connectivity index (χ4n) is 0.750. The van der Waals surface area contributed by atoms with Gasteiger partial charge in [-0.05, 0) is 6.92 Å². The molecule has 0 aliphatic rings. The van der Waals surface area contributed by atoms with Gasteiger partial charge in [0.25, 0.3) is 0 Å². The van der Waals surface area contributed by atoms with E-state index in [1.807, 2.05) is 0 Å². The summed E-state index contributed by atoms with van der Waals surface area (Å²) in [6, 6.07) is 0. The van der Waals surface area contributed by atoms with Gasteiger partial charge in [-0.15, -0.1) is 0 Å². The molecule has 0 rings (SSSR count). The van der Waals surface area contributed by atoms with Gasteiger partial charge in [-0.1, -0.05) is 0 Å². The highest BCUT2D eigenvalue weighted by molar-refractivity contribution is 5.96. The standard InChI is InChI=1S/C8H15NO6/c1-5(7(14)15)6(13)9-8(2-10,3-11)4-12/h5,10-12H,2-4H2,1H3,(H,9,13)(H,14,15). The summed E-state index contributed by atoms with van der Waals surface area (Å²) in [5.41, 5.74) is -1.58. The Bertz CT molecular complexity index is 229. The highest BCUT2D eigenvalue weighted by atomic mass is 16.4. The predicted molar refractivity (Wildman–Crippen MR) is 48.9 cm³/mol. The first-order chi connectivity index (χ1) is 6.92. The zero-order valence-corrected chi connectivity index (χ0v) is 8.30. The van der Waals surface area contributed by atoms with Gasteiger partial charge in [0, 0.05) is 0 Å². The molecule has 0 bridgehead atoms. The minimum absolute atomic E-state index is 0.682. The van der Waals surface area contributed by atoms with Gasteiger partial charge in [0.1, 0.15) is 11.5 Å². The largest absolute Gasteiger partial charge is 0.481 e. The Balaban J connectivity index is 4.55. The summed E-state index contributed by atoms with van der Waals surface area (Å²) < 4.78 is 0. The summed E-state index contributed by atoms with van der Waals surface area (Å²) >= 11 is 0. The Morgan fingerprint density at radius 2 is 1.60 bits per heavy atom. The van der Waals surface area contributed by atoms with Crippen molar-refractivity contribution in [2.75, 3.05) is 19.8 Å². The molecule has 7 heteroatoms. The Morgan fingerprint density at radius 3 is 1.87 bits per heavy atom. The van der Waals surface area contributed by atoms with Crippen LogP contribution in [0.4, 0.5) is 0 Å². The van der Waals surface area contributed by atoms with Crippen molar-refractivity contribution in [1.29, 1.82) is 0 Å². The van der Waals surface area contributed by atoms with Crippen LogP contribution in [0.1, 0.15) is 6.92 Å². The van der Waals surface area contributed by atoms with Crippen LogP contribution in [0.25, 0.3) is 0 Å². The van der Waals surface area contributed by atoms with Crippen molar-refractivity contribution in [3.63, 3.8) is 0 Å². The van der Waals surface area contributed by atoms with Crippen molar-refractivity contribution in [2.45, 2.75) is 12.5 Å². The van der Waals surface area contributed by atoms with E-state index in [9.17, 15) is 9.59 Å². The van der Waals surface area contributed by atoms with Crippen LogP contribution in [0.5, 0.6) is 0 Å². The Morgan fingerprint density at radius 1 is 1.20 bits per heavy atom. The molecule has 1 unspecified atom stereocenters. The molecule has 0 fully saturated rings. The highest BCUT2D eigenvalue weighted by Gasteiger charge is 2.33. The molecule has 0 spiro atoms. The summed E-state index contributed by atoms with van der Waals surface area (Å²) in [6.07, 6.45) is 0. The van der Waals surface area contributed by atoms with Gasteiger partial charge >= 0.3 is 5.97 Å². The molecule has 7 nitrogen and oxygen atoms in total. The number of hydrogen-bond acceptors (Lipinski definition) is 5. The maximum absolute atomic E-state index is 11.3. The smallest absolute Gasteiger partial charge is 0.315 e. The predicted octanol–water partition coefficient (Wildman–Crippen LogP) is -2.46. The SMILES string of the molecule is CC(C(=O)O)C(=O)NC(CO)(CO)CO. The molecule has 0 aromatic heterocycles. The zero-order valence-electron chi connectivity index (χ0n) is 8.30. The zero-order chi connectivity index (χ0) is 12.1. The first-order valence-corrected chi connectivity index (χ1v) is 4.30. The fourth-order valence-corrected chi connectivity index (χ4v) is 0.750. The molecular formula is C8H15NO6. The number of amides is 1. The van der Waals surface area contributed by atoms with Gasteiger partial charge in [0.2, 0.25) is 5.91 Å². The molecular weight excluding hydrogens is 206 g/mol. The quantitative estimate of drug-likeness (QED) is 0.316. The van der Waals surface area contributed by atoms with Gasteiger partial charge < -0.3 is 25.7 Å². The summed E-state index contributed by atoms with van der Waals surface area (Å²) in [5, 5.41) is 37.2. The lowest BCUT2D eigenvalue weighted by Crippen LogP contribution is -2.58.